The smallest absolute Gasteiger partial charge is 0.268 e. The van der Waals surface area contributed by atoms with Crippen molar-refractivity contribution in [2.24, 2.45) is 0 Å². The number of amides is 2. The molecule has 2 aromatic rings. The van der Waals surface area contributed by atoms with Crippen LogP contribution in [0, 0.1) is 13.8 Å². The van der Waals surface area contributed by atoms with Crippen LogP contribution in [0.1, 0.15) is 57.9 Å². The highest BCUT2D eigenvalue weighted by molar-refractivity contribution is 9.10. The second-order valence-corrected chi connectivity index (χ2v) is 7.39. The zero-order valence-corrected chi connectivity index (χ0v) is 17.5. The number of carbonyl (C=O) groups excluding carboxylic acids is 3. The van der Waals surface area contributed by atoms with Gasteiger partial charge in [0.05, 0.1) is 6.54 Å². The van der Waals surface area contributed by atoms with Crippen LogP contribution in [0.2, 0.25) is 0 Å². The van der Waals surface area contributed by atoms with Crippen molar-refractivity contribution >= 4 is 39.2 Å². The van der Waals surface area contributed by atoms with E-state index >= 15 is 0 Å². The van der Waals surface area contributed by atoms with Gasteiger partial charge >= 0.3 is 0 Å². The number of nitrogens with one attached hydrogen (secondary N) is 3. The molecular weight excluding hydrogens is 410 g/mol. The summed E-state index contributed by atoms with van der Waals surface area (Å²) in [6.45, 7) is 6.98. The lowest BCUT2D eigenvalue weighted by Gasteiger charge is -2.10. The minimum Gasteiger partial charge on any atom is -0.354 e. The first-order valence-electron chi connectivity index (χ1n) is 8.81. The number of benzene rings is 1. The van der Waals surface area contributed by atoms with E-state index in [4.69, 9.17) is 0 Å². The molecule has 144 valence electrons. The van der Waals surface area contributed by atoms with Crippen LogP contribution in [0.25, 0.3) is 0 Å². The Morgan fingerprint density at radius 3 is 2.48 bits per heavy atom. The van der Waals surface area contributed by atoms with Gasteiger partial charge in [-0.2, -0.15) is 0 Å². The molecule has 6 nitrogen and oxygen atoms in total. The summed E-state index contributed by atoms with van der Waals surface area (Å²) in [7, 11) is 0. The maximum Gasteiger partial charge on any atom is 0.268 e. The molecule has 27 heavy (non-hydrogen) atoms. The fourth-order valence-electron chi connectivity index (χ4n) is 3.06. The van der Waals surface area contributed by atoms with Gasteiger partial charge in [-0.25, -0.2) is 0 Å². The molecule has 1 aromatic carbocycles. The Kier molecular flexibility index (Phi) is 6.96. The van der Waals surface area contributed by atoms with E-state index in [1.165, 1.54) is 6.92 Å². The van der Waals surface area contributed by atoms with E-state index in [-0.39, 0.29) is 18.2 Å². The number of Topliss-reactive ketones (excluding diaryl/α,β-unsaturated/α-hetero) is 1. The van der Waals surface area contributed by atoms with Crippen LogP contribution in [0.4, 0.5) is 5.69 Å². The molecule has 0 radical (unpaired) electrons. The average molecular weight is 434 g/mol. The summed E-state index contributed by atoms with van der Waals surface area (Å²) in [6.07, 6.45) is 1.42. The second-order valence-electron chi connectivity index (χ2n) is 6.47. The highest BCUT2D eigenvalue weighted by Gasteiger charge is 2.22. The Morgan fingerprint density at radius 2 is 1.89 bits per heavy atom. The van der Waals surface area contributed by atoms with Crippen molar-refractivity contribution in [1.29, 1.82) is 0 Å². The maximum atomic E-state index is 12.6. The van der Waals surface area contributed by atoms with Gasteiger partial charge in [0, 0.05) is 21.4 Å². The first kappa shape index (κ1) is 20.9. The van der Waals surface area contributed by atoms with E-state index in [9.17, 15) is 14.4 Å². The first-order chi connectivity index (χ1) is 12.7. The second kappa shape index (κ2) is 8.99. The predicted octanol–water partition coefficient (Wildman–Crippen LogP) is 3.92. The summed E-state index contributed by atoms with van der Waals surface area (Å²) >= 11 is 3.38. The molecule has 3 N–H and O–H groups in total. The number of rotatable bonds is 7. The van der Waals surface area contributed by atoms with E-state index in [1.54, 1.807) is 13.0 Å². The molecule has 1 heterocycles. The van der Waals surface area contributed by atoms with E-state index in [1.807, 2.05) is 26.0 Å². The molecule has 0 spiro atoms. The molecule has 7 heteroatoms. The predicted molar refractivity (Wildman–Crippen MR) is 109 cm³/mol. The minimum atomic E-state index is -0.392. The number of hydrogen-bond acceptors (Lipinski definition) is 3. The van der Waals surface area contributed by atoms with E-state index in [0.29, 0.717) is 34.6 Å². The van der Waals surface area contributed by atoms with Crippen molar-refractivity contribution < 1.29 is 14.4 Å². The molecule has 2 rings (SSSR count). The van der Waals surface area contributed by atoms with Gasteiger partial charge in [0.25, 0.3) is 5.91 Å². The summed E-state index contributed by atoms with van der Waals surface area (Å²) in [4.78, 5) is 39.6. The lowest BCUT2D eigenvalue weighted by molar-refractivity contribution is -0.115. The minimum absolute atomic E-state index is 0.0743. The number of halogens is 1. The Morgan fingerprint density at radius 1 is 1.19 bits per heavy atom. The monoisotopic (exact) mass is 433 g/mol. The summed E-state index contributed by atoms with van der Waals surface area (Å²) < 4.78 is 0.929. The zero-order chi connectivity index (χ0) is 20.1. The molecule has 0 aliphatic heterocycles. The van der Waals surface area contributed by atoms with Crippen molar-refractivity contribution in [2.75, 3.05) is 11.9 Å². The van der Waals surface area contributed by atoms with Gasteiger partial charge in [-0.15, -0.1) is 0 Å². The van der Waals surface area contributed by atoms with Gasteiger partial charge < -0.3 is 15.6 Å². The van der Waals surface area contributed by atoms with Crippen LogP contribution in [-0.4, -0.2) is 29.1 Å². The lowest BCUT2D eigenvalue weighted by Crippen LogP contribution is -2.33. The molecule has 0 aliphatic carbocycles. The van der Waals surface area contributed by atoms with Crippen molar-refractivity contribution in [3.05, 3.63) is 50.8 Å². The van der Waals surface area contributed by atoms with E-state index in [2.05, 4.69) is 31.5 Å². The number of anilines is 1. The molecular formula is C20H24BrN3O3. The number of aryl methyl sites for hydroxylation is 2. The van der Waals surface area contributed by atoms with E-state index in [0.717, 1.165) is 16.5 Å². The number of aromatic amines is 1. The highest BCUT2D eigenvalue weighted by atomic mass is 79.9. The third kappa shape index (κ3) is 5.07. The third-order valence-corrected chi connectivity index (χ3v) is 4.74. The Hall–Kier alpha value is -2.41. The number of carbonyl (C=O) groups is 3. The van der Waals surface area contributed by atoms with Crippen molar-refractivity contribution in [2.45, 2.75) is 40.5 Å². The Bertz CT molecular complexity index is 887. The molecule has 0 saturated heterocycles. The van der Waals surface area contributed by atoms with Crippen LogP contribution < -0.4 is 10.6 Å². The largest absolute Gasteiger partial charge is 0.354 e. The molecule has 0 aliphatic rings. The summed E-state index contributed by atoms with van der Waals surface area (Å²) in [5.74, 6) is -0.785. The van der Waals surface area contributed by atoms with Crippen molar-refractivity contribution in [1.82, 2.24) is 10.3 Å². The SMILES string of the molecule is CCCc1c(C(=O)NCC(=O)Nc2ccc(Br)cc2C)[nH]c(C)c1C(C)=O. The number of ketones is 1. The summed E-state index contributed by atoms with van der Waals surface area (Å²) in [6, 6.07) is 5.53. The molecule has 2 amide bonds. The zero-order valence-electron chi connectivity index (χ0n) is 16.0. The lowest BCUT2D eigenvalue weighted by atomic mass is 10.0. The molecule has 1 aromatic heterocycles. The number of aromatic nitrogens is 1. The molecule has 0 bridgehead atoms. The fourth-order valence-corrected chi connectivity index (χ4v) is 3.53. The topological polar surface area (TPSA) is 91.1 Å². The molecule has 0 unspecified atom stereocenters. The first-order valence-corrected chi connectivity index (χ1v) is 9.60. The van der Waals surface area contributed by atoms with Crippen LogP contribution in [0.15, 0.2) is 22.7 Å². The summed E-state index contributed by atoms with van der Waals surface area (Å²) in [5, 5.41) is 5.41. The van der Waals surface area contributed by atoms with Crippen molar-refractivity contribution in [3.63, 3.8) is 0 Å². The van der Waals surface area contributed by atoms with Crippen molar-refractivity contribution in [3.8, 4) is 0 Å². The van der Waals surface area contributed by atoms with Gasteiger partial charge in [0.1, 0.15) is 5.69 Å². The molecule has 0 saturated carbocycles. The van der Waals surface area contributed by atoms with Gasteiger partial charge in [-0.3, -0.25) is 14.4 Å². The summed E-state index contributed by atoms with van der Waals surface area (Å²) in [5.41, 5.74) is 3.92. The Labute approximate surface area is 167 Å². The Balaban J connectivity index is 2.08. The van der Waals surface area contributed by atoms with Gasteiger partial charge in [0.2, 0.25) is 5.91 Å². The third-order valence-electron chi connectivity index (χ3n) is 4.24. The fraction of sp³-hybridized carbons (Fsp3) is 0.350. The van der Waals surface area contributed by atoms with Gasteiger partial charge in [-0.05, 0) is 56.5 Å². The average Bonchev–Trinajstić information content (AvgIpc) is 2.92. The van der Waals surface area contributed by atoms with Crippen LogP contribution in [0.5, 0.6) is 0 Å². The normalized spacial score (nSPS) is 10.6. The van der Waals surface area contributed by atoms with Crippen LogP contribution in [0.3, 0.4) is 0 Å². The standard InChI is InChI=1S/C20H24BrN3O3/c1-5-6-15-18(13(4)25)12(3)23-19(15)20(27)22-10-17(26)24-16-8-7-14(21)9-11(16)2/h7-9,23H,5-6,10H2,1-4H3,(H,22,27)(H,24,26). The van der Waals surface area contributed by atoms with Gasteiger partial charge in [-0.1, -0.05) is 29.3 Å². The molecule has 0 fully saturated rings. The van der Waals surface area contributed by atoms with E-state index < -0.39 is 5.91 Å². The van der Waals surface area contributed by atoms with Gasteiger partial charge in [0.15, 0.2) is 5.78 Å². The van der Waals surface area contributed by atoms with Crippen LogP contribution in [-0.2, 0) is 11.2 Å². The maximum absolute atomic E-state index is 12.6. The number of H-pyrrole nitrogens is 1. The quantitative estimate of drug-likeness (QED) is 0.577. The number of hydrogen-bond donors (Lipinski definition) is 3. The van der Waals surface area contributed by atoms with Crippen LogP contribution >= 0.6 is 15.9 Å². The highest BCUT2D eigenvalue weighted by Crippen LogP contribution is 2.22. The molecule has 0 atom stereocenters.